The second-order valence-electron chi connectivity index (χ2n) is 6.74. The monoisotopic (exact) mass is 513 g/mol. The second kappa shape index (κ2) is 23.5. The molecule has 34 heavy (non-hydrogen) atoms. The molecule has 0 aromatic rings. The van der Waals surface area contributed by atoms with Gasteiger partial charge in [-0.15, -0.1) is 0 Å². The molecule has 15 nitrogen and oxygen atoms in total. The van der Waals surface area contributed by atoms with Gasteiger partial charge in [0, 0.05) is 6.54 Å². The van der Waals surface area contributed by atoms with E-state index >= 15 is 0 Å². The van der Waals surface area contributed by atoms with Crippen LogP contribution in [0.15, 0.2) is 0 Å². The van der Waals surface area contributed by atoms with E-state index in [2.05, 4.69) is 16.4 Å². The first kappa shape index (κ1) is 35.9. The summed E-state index contributed by atoms with van der Waals surface area (Å²) < 4.78 is 0. The molecule has 0 amide bonds. The van der Waals surface area contributed by atoms with Gasteiger partial charge in [-0.3, -0.25) is 24.6 Å². The number of hydrogen-bond donors (Lipinski definition) is 11. The topological polar surface area (TPSA) is 301 Å². The van der Waals surface area contributed by atoms with E-state index in [0.717, 1.165) is 25.1 Å². The van der Waals surface area contributed by atoms with Crippen LogP contribution in [0, 0.1) is 5.41 Å². The molecule has 1 aliphatic rings. The summed E-state index contributed by atoms with van der Waals surface area (Å²) in [5, 5.41) is 44.8. The lowest BCUT2D eigenvalue weighted by atomic mass is 10.2. The molecule has 0 aromatic heterocycles. The highest BCUT2D eigenvalue weighted by molar-refractivity contribution is 7.98. The lowest BCUT2D eigenvalue weighted by Crippen LogP contribution is -2.34. The van der Waals surface area contributed by atoms with Crippen LogP contribution in [0.2, 0.25) is 0 Å². The number of guanidine groups is 1. The predicted octanol–water partition coefficient (Wildman–Crippen LogP) is -2.33. The van der Waals surface area contributed by atoms with Gasteiger partial charge in [-0.25, -0.2) is 0 Å². The van der Waals surface area contributed by atoms with E-state index < -0.39 is 36.0 Å². The Morgan fingerprint density at radius 2 is 1.59 bits per heavy atom. The number of nitrogens with one attached hydrogen (secondary N) is 3. The van der Waals surface area contributed by atoms with Gasteiger partial charge in [0.1, 0.15) is 18.1 Å². The molecular weight excluding hydrogens is 474 g/mol. The summed E-state index contributed by atoms with van der Waals surface area (Å²) >= 11 is 1.60. The maximum absolute atomic E-state index is 10.2. The first-order valence-corrected chi connectivity index (χ1v) is 11.6. The van der Waals surface area contributed by atoms with E-state index in [-0.39, 0.29) is 18.5 Å². The first-order valence-electron chi connectivity index (χ1n) is 10.2. The average molecular weight is 514 g/mol. The third kappa shape index (κ3) is 27.4. The van der Waals surface area contributed by atoms with Crippen LogP contribution < -0.4 is 33.6 Å². The highest BCUT2D eigenvalue weighted by atomic mass is 32.2. The largest absolute Gasteiger partial charge is 0.480 e. The van der Waals surface area contributed by atoms with E-state index in [1.54, 1.807) is 11.8 Å². The van der Waals surface area contributed by atoms with Crippen LogP contribution in [0.3, 0.4) is 0 Å². The van der Waals surface area contributed by atoms with Gasteiger partial charge in [0.2, 0.25) is 0 Å². The summed E-state index contributed by atoms with van der Waals surface area (Å²) in [6, 6.07) is -1.77. The number of thioether (sulfide) groups is 1. The molecule has 0 bridgehead atoms. The van der Waals surface area contributed by atoms with Gasteiger partial charge in [-0.05, 0) is 50.7 Å². The summed E-state index contributed by atoms with van der Waals surface area (Å²) in [6.45, 7) is 1.06. The molecule has 0 saturated carbocycles. The number of carboxylic acids is 4. The molecule has 1 rings (SSSR count). The van der Waals surface area contributed by atoms with Crippen LogP contribution in [-0.2, 0) is 19.2 Å². The highest BCUT2D eigenvalue weighted by Crippen LogP contribution is 2.03. The molecule has 0 aliphatic carbocycles. The number of carbonyl (C=O) groups is 4. The third-order valence-electron chi connectivity index (χ3n) is 3.81. The van der Waals surface area contributed by atoms with E-state index in [9.17, 15) is 19.2 Å². The van der Waals surface area contributed by atoms with Crippen molar-refractivity contribution in [2.24, 2.45) is 22.9 Å². The number of aliphatic carboxylic acids is 4. The Morgan fingerprint density at radius 1 is 1.09 bits per heavy atom. The molecule has 200 valence electrons. The number of nitrogens with two attached hydrogens (primary N) is 4. The summed E-state index contributed by atoms with van der Waals surface area (Å²) in [7, 11) is 0. The maximum atomic E-state index is 10.2. The van der Waals surface area contributed by atoms with Crippen molar-refractivity contribution in [2.75, 3.05) is 31.6 Å². The van der Waals surface area contributed by atoms with Crippen LogP contribution in [0.5, 0.6) is 0 Å². The summed E-state index contributed by atoms with van der Waals surface area (Å²) in [5.74, 6) is -2.90. The molecule has 0 radical (unpaired) electrons. The molecule has 15 N–H and O–H groups in total. The van der Waals surface area contributed by atoms with Crippen molar-refractivity contribution in [3.8, 4) is 0 Å². The van der Waals surface area contributed by atoms with Crippen LogP contribution in [-0.4, -0.2) is 100 Å². The zero-order valence-electron chi connectivity index (χ0n) is 19.2. The molecular formula is C18H39N7O8S. The fourth-order valence-corrected chi connectivity index (χ4v) is 2.42. The van der Waals surface area contributed by atoms with Crippen molar-refractivity contribution in [2.45, 2.75) is 50.2 Å². The minimum atomic E-state index is -1.00. The lowest BCUT2D eigenvalue weighted by molar-refractivity contribution is -0.139. The minimum absolute atomic E-state index is 0.112. The van der Waals surface area contributed by atoms with Crippen LogP contribution in [0.25, 0.3) is 0 Å². The van der Waals surface area contributed by atoms with Crippen molar-refractivity contribution < 1.29 is 39.6 Å². The maximum Gasteiger partial charge on any atom is 0.320 e. The highest BCUT2D eigenvalue weighted by Gasteiger charge is 2.20. The van der Waals surface area contributed by atoms with Crippen molar-refractivity contribution in [3.05, 3.63) is 0 Å². The Balaban J connectivity index is -0.000000392. The minimum Gasteiger partial charge on any atom is -0.480 e. The Kier molecular flexibility index (Phi) is 24.8. The number of rotatable bonds is 11. The van der Waals surface area contributed by atoms with E-state index in [4.69, 9.17) is 43.0 Å². The van der Waals surface area contributed by atoms with Crippen molar-refractivity contribution >= 4 is 41.6 Å². The Bertz CT molecular complexity index is 607. The molecule has 2 unspecified atom stereocenters. The Morgan fingerprint density at radius 3 is 1.88 bits per heavy atom. The Labute approximate surface area is 202 Å². The van der Waals surface area contributed by atoms with Crippen LogP contribution in [0.4, 0.5) is 0 Å². The molecule has 3 atom stereocenters. The molecule has 0 aromatic carbocycles. The van der Waals surface area contributed by atoms with E-state index in [0.29, 0.717) is 25.8 Å². The zero-order chi connectivity index (χ0) is 27.1. The van der Waals surface area contributed by atoms with E-state index in [1.165, 1.54) is 0 Å². The smallest absolute Gasteiger partial charge is 0.320 e. The van der Waals surface area contributed by atoms with Gasteiger partial charge in [-0.1, -0.05) is 0 Å². The van der Waals surface area contributed by atoms with E-state index in [1.807, 2.05) is 6.26 Å². The first-order chi connectivity index (χ1) is 15.8. The van der Waals surface area contributed by atoms with Crippen LogP contribution >= 0.6 is 11.8 Å². The predicted molar refractivity (Wildman–Crippen MR) is 129 cm³/mol. The molecule has 1 saturated heterocycles. The van der Waals surface area contributed by atoms with Crippen molar-refractivity contribution in [1.29, 1.82) is 5.41 Å². The molecule has 1 fully saturated rings. The fourth-order valence-electron chi connectivity index (χ4n) is 1.93. The molecule has 0 spiro atoms. The zero-order valence-corrected chi connectivity index (χ0v) is 20.1. The fraction of sp³-hybridized carbons (Fsp3) is 0.722. The SMILES string of the molecule is CSCCC(N)C(=O)O.N=C(N)NCCCC(N)C(=O)O.NCC(=O)O.O=C(O)[C@@H]1CCCN1. The van der Waals surface area contributed by atoms with Gasteiger partial charge >= 0.3 is 23.9 Å². The third-order valence-corrected chi connectivity index (χ3v) is 4.45. The van der Waals surface area contributed by atoms with Gasteiger partial charge in [0.05, 0.1) is 6.54 Å². The Hall–Kier alpha value is -2.66. The van der Waals surface area contributed by atoms with Gasteiger partial charge in [0.25, 0.3) is 0 Å². The standard InChI is InChI=1S/C6H14N4O2.C5H11NO2S.C5H9NO2.C2H5NO2/c7-4(5(11)12)2-1-3-10-6(8)9;1-9-3-2-4(6)5(7)8;7-5(8)4-2-1-3-6-4;3-1-2(4)5/h4H,1-3,7H2,(H,11,12)(H4,8,9,10);4H,2-3,6H2,1H3,(H,7,8);4,6H,1-3H2,(H,7,8);1,3H2,(H,4,5)/t;;4-;/m..0./s1. The van der Waals surface area contributed by atoms with Gasteiger partial charge < -0.3 is 54.0 Å². The lowest BCUT2D eigenvalue weighted by Gasteiger charge is -2.06. The van der Waals surface area contributed by atoms with Crippen LogP contribution in [0.1, 0.15) is 32.1 Å². The second-order valence-corrected chi connectivity index (χ2v) is 7.72. The number of hydrogen-bond acceptors (Lipinski definition) is 10. The summed E-state index contributed by atoms with van der Waals surface area (Å²) in [4.78, 5) is 39.7. The average Bonchev–Trinajstić information content (AvgIpc) is 3.31. The van der Waals surface area contributed by atoms with Gasteiger partial charge in [-0.2, -0.15) is 11.8 Å². The van der Waals surface area contributed by atoms with Crippen molar-refractivity contribution in [1.82, 2.24) is 10.6 Å². The number of carboxylic acid groups (broad SMARTS) is 4. The summed E-state index contributed by atoms with van der Waals surface area (Å²) in [6.07, 6.45) is 5.24. The quantitative estimate of drug-likeness (QED) is 0.0783. The van der Waals surface area contributed by atoms with Gasteiger partial charge in [0.15, 0.2) is 5.96 Å². The normalized spacial score (nSPS) is 15.5. The summed E-state index contributed by atoms with van der Waals surface area (Å²) in [5.41, 5.74) is 20.0. The molecule has 1 aliphatic heterocycles. The molecule has 1 heterocycles. The van der Waals surface area contributed by atoms with Crippen molar-refractivity contribution in [3.63, 3.8) is 0 Å². The molecule has 16 heteroatoms.